The number of anilines is 1. The van der Waals surface area contributed by atoms with E-state index in [-0.39, 0.29) is 28.9 Å². The van der Waals surface area contributed by atoms with E-state index in [1.165, 1.54) is 59.8 Å². The molecule has 0 saturated heterocycles. The molecule has 1 aliphatic carbocycles. The van der Waals surface area contributed by atoms with Crippen molar-refractivity contribution in [1.82, 2.24) is 9.47 Å². The molecule has 0 unspecified atom stereocenters. The minimum Gasteiger partial charge on any atom is -0.465 e. The maximum atomic E-state index is 13.7. The van der Waals surface area contributed by atoms with Crippen molar-refractivity contribution >= 4 is 35.0 Å². The van der Waals surface area contributed by atoms with Gasteiger partial charge in [0.25, 0.3) is 0 Å². The number of amides is 2. The van der Waals surface area contributed by atoms with Crippen LogP contribution in [0.1, 0.15) is 68.2 Å². The number of urea groups is 1. The Morgan fingerprint density at radius 1 is 1.03 bits per heavy atom. The molecule has 1 aromatic carbocycles. The SMILES string of the molecule is COC(=O)c1ccc(C(=O)OC)c(NC(=O)N2Cc3c(sc4c3CCCC4)-n3cccc3[C@H]2C)c1. The number of aromatic nitrogens is 1. The maximum absolute atomic E-state index is 13.7. The van der Waals surface area contributed by atoms with Gasteiger partial charge in [-0.1, -0.05) is 0 Å². The molecule has 2 aliphatic rings. The molecule has 35 heavy (non-hydrogen) atoms. The van der Waals surface area contributed by atoms with Crippen molar-refractivity contribution in [3.8, 4) is 5.00 Å². The molecule has 0 radical (unpaired) electrons. The van der Waals surface area contributed by atoms with E-state index in [4.69, 9.17) is 9.47 Å². The van der Waals surface area contributed by atoms with Gasteiger partial charge in [0.1, 0.15) is 5.00 Å². The number of fused-ring (bicyclic) bond motifs is 5. The summed E-state index contributed by atoms with van der Waals surface area (Å²) in [5, 5.41) is 4.05. The summed E-state index contributed by atoms with van der Waals surface area (Å²) in [6.45, 7) is 2.46. The molecular weight excluding hydrogens is 466 g/mol. The molecule has 0 spiro atoms. The highest BCUT2D eigenvalue weighted by molar-refractivity contribution is 7.15. The molecule has 0 fully saturated rings. The number of hydrogen-bond donors (Lipinski definition) is 1. The number of rotatable bonds is 3. The molecule has 182 valence electrons. The summed E-state index contributed by atoms with van der Waals surface area (Å²) < 4.78 is 11.9. The smallest absolute Gasteiger partial charge is 0.339 e. The quantitative estimate of drug-likeness (QED) is 0.513. The molecule has 1 atom stereocenters. The molecule has 2 amide bonds. The van der Waals surface area contributed by atoms with Gasteiger partial charge < -0.3 is 24.3 Å². The van der Waals surface area contributed by atoms with Crippen LogP contribution in [-0.4, -0.2) is 41.7 Å². The predicted octanol–water partition coefficient (Wildman–Crippen LogP) is 5.10. The second kappa shape index (κ2) is 9.22. The van der Waals surface area contributed by atoms with Gasteiger partial charge in [-0.05, 0) is 68.5 Å². The van der Waals surface area contributed by atoms with Crippen LogP contribution < -0.4 is 5.32 Å². The van der Waals surface area contributed by atoms with E-state index < -0.39 is 11.9 Å². The molecule has 0 saturated carbocycles. The third-order valence-corrected chi connectivity index (χ3v) is 8.16. The van der Waals surface area contributed by atoms with E-state index >= 15 is 0 Å². The summed E-state index contributed by atoms with van der Waals surface area (Å²) in [5.41, 5.74) is 4.16. The van der Waals surface area contributed by atoms with Crippen LogP contribution in [0.5, 0.6) is 0 Å². The van der Waals surface area contributed by atoms with Crippen molar-refractivity contribution in [2.45, 2.75) is 45.2 Å². The molecule has 2 aromatic heterocycles. The number of esters is 2. The van der Waals surface area contributed by atoms with Gasteiger partial charge >= 0.3 is 18.0 Å². The second-order valence-corrected chi connectivity index (χ2v) is 9.86. The zero-order valence-corrected chi connectivity index (χ0v) is 20.7. The van der Waals surface area contributed by atoms with E-state index in [0.717, 1.165) is 25.0 Å². The third-order valence-electron chi connectivity index (χ3n) is 6.83. The standard InChI is InChI=1S/C26H27N3O5S/c1-15-21-8-6-12-28(21)23-19(17-7-4-5-9-22(17)35-23)14-29(15)26(32)27-20-13-16(24(30)33-2)10-11-18(20)25(31)34-3/h6,8,10-13,15H,4-5,7,9,14H2,1-3H3,(H,27,32)/t15-/m1/s1. The van der Waals surface area contributed by atoms with Crippen molar-refractivity contribution < 1.29 is 23.9 Å². The highest BCUT2D eigenvalue weighted by atomic mass is 32.1. The molecule has 9 heteroatoms. The summed E-state index contributed by atoms with van der Waals surface area (Å²) in [5.74, 6) is -1.17. The van der Waals surface area contributed by atoms with Crippen LogP contribution in [0.15, 0.2) is 36.5 Å². The Morgan fingerprint density at radius 2 is 1.80 bits per heavy atom. The number of ether oxygens (including phenoxy) is 2. The number of thiophene rings is 1. The number of hydrogen-bond acceptors (Lipinski definition) is 6. The summed E-state index contributed by atoms with van der Waals surface area (Å²) in [6.07, 6.45) is 6.50. The highest BCUT2D eigenvalue weighted by Gasteiger charge is 2.33. The first-order valence-electron chi connectivity index (χ1n) is 11.6. The first kappa shape index (κ1) is 23.2. The van der Waals surface area contributed by atoms with E-state index in [1.807, 2.05) is 30.4 Å². The third kappa shape index (κ3) is 3.99. The van der Waals surface area contributed by atoms with Gasteiger partial charge in [0.15, 0.2) is 0 Å². The predicted molar refractivity (Wildman–Crippen MR) is 132 cm³/mol. The zero-order valence-electron chi connectivity index (χ0n) is 19.9. The van der Waals surface area contributed by atoms with Crippen LogP contribution in [0.4, 0.5) is 10.5 Å². The summed E-state index contributed by atoms with van der Waals surface area (Å²) in [7, 11) is 2.55. The molecule has 1 aliphatic heterocycles. The lowest BCUT2D eigenvalue weighted by Crippen LogP contribution is -2.36. The average Bonchev–Trinajstić information content (AvgIpc) is 3.48. The fourth-order valence-corrected chi connectivity index (χ4v) is 6.38. The van der Waals surface area contributed by atoms with Gasteiger partial charge in [-0.2, -0.15) is 0 Å². The second-order valence-electron chi connectivity index (χ2n) is 8.78. The Balaban J connectivity index is 1.53. The van der Waals surface area contributed by atoms with Gasteiger partial charge in [0, 0.05) is 22.3 Å². The van der Waals surface area contributed by atoms with Crippen LogP contribution >= 0.6 is 11.3 Å². The summed E-state index contributed by atoms with van der Waals surface area (Å²) in [4.78, 5) is 41.4. The lowest BCUT2D eigenvalue weighted by molar-refractivity contribution is 0.0587. The zero-order chi connectivity index (χ0) is 24.7. The van der Waals surface area contributed by atoms with Gasteiger partial charge in [-0.15, -0.1) is 11.3 Å². The first-order valence-corrected chi connectivity index (χ1v) is 12.4. The number of carbonyl (C=O) groups excluding carboxylic acids is 3. The molecule has 3 aromatic rings. The molecular formula is C26H27N3O5S. The highest BCUT2D eigenvalue weighted by Crippen LogP contribution is 2.42. The number of methoxy groups -OCH3 is 2. The van der Waals surface area contributed by atoms with Crippen molar-refractivity contribution in [3.63, 3.8) is 0 Å². The van der Waals surface area contributed by atoms with Crippen LogP contribution in [-0.2, 0) is 28.9 Å². The first-order chi connectivity index (χ1) is 16.9. The summed E-state index contributed by atoms with van der Waals surface area (Å²) in [6, 6.07) is 7.84. The minimum atomic E-state index is -0.608. The van der Waals surface area contributed by atoms with Crippen molar-refractivity contribution in [2.24, 2.45) is 0 Å². The fourth-order valence-electron chi connectivity index (χ4n) is 4.98. The molecule has 1 N–H and O–H groups in total. The van der Waals surface area contributed by atoms with Gasteiger partial charge in [0.05, 0.1) is 43.6 Å². The van der Waals surface area contributed by atoms with E-state index in [1.54, 1.807) is 4.90 Å². The normalized spacial score (nSPS) is 16.4. The fraction of sp³-hybridized carbons (Fsp3) is 0.346. The van der Waals surface area contributed by atoms with Gasteiger partial charge in [-0.25, -0.2) is 14.4 Å². The Labute approximate surface area is 207 Å². The van der Waals surface area contributed by atoms with Crippen LogP contribution in [0.2, 0.25) is 0 Å². The van der Waals surface area contributed by atoms with Crippen molar-refractivity contribution in [1.29, 1.82) is 0 Å². The Bertz CT molecular complexity index is 1320. The van der Waals surface area contributed by atoms with E-state index in [2.05, 4.69) is 16.1 Å². The number of nitrogens with zero attached hydrogens (tertiary/aromatic N) is 2. The lowest BCUT2D eigenvalue weighted by atomic mass is 9.95. The van der Waals surface area contributed by atoms with Crippen molar-refractivity contribution in [2.75, 3.05) is 19.5 Å². The molecule has 8 nitrogen and oxygen atoms in total. The van der Waals surface area contributed by atoms with Crippen molar-refractivity contribution in [3.05, 3.63) is 69.4 Å². The lowest BCUT2D eigenvalue weighted by Gasteiger charge is -2.28. The van der Waals surface area contributed by atoms with E-state index in [9.17, 15) is 14.4 Å². The molecule has 0 bridgehead atoms. The summed E-state index contributed by atoms with van der Waals surface area (Å²) >= 11 is 1.83. The van der Waals surface area contributed by atoms with Crippen LogP contribution in [0.25, 0.3) is 5.00 Å². The minimum absolute atomic E-state index is 0.160. The topological polar surface area (TPSA) is 89.9 Å². The number of carbonyl (C=O) groups is 3. The Hall–Kier alpha value is -3.59. The largest absolute Gasteiger partial charge is 0.465 e. The number of benzene rings is 1. The van der Waals surface area contributed by atoms with E-state index in [0.29, 0.717) is 6.54 Å². The molecule has 5 rings (SSSR count). The maximum Gasteiger partial charge on any atom is 0.339 e. The average molecular weight is 494 g/mol. The van der Waals surface area contributed by atoms with Crippen LogP contribution in [0, 0.1) is 0 Å². The monoisotopic (exact) mass is 493 g/mol. The number of nitrogens with one attached hydrogen (secondary N) is 1. The van der Waals surface area contributed by atoms with Gasteiger partial charge in [-0.3, -0.25) is 0 Å². The Kier molecular flexibility index (Phi) is 6.10. The van der Waals surface area contributed by atoms with Crippen LogP contribution in [0.3, 0.4) is 0 Å². The Morgan fingerprint density at radius 3 is 2.57 bits per heavy atom. The van der Waals surface area contributed by atoms with Gasteiger partial charge in [0.2, 0.25) is 0 Å². The molecule has 3 heterocycles. The number of aryl methyl sites for hydroxylation is 1.